The summed E-state index contributed by atoms with van der Waals surface area (Å²) in [6.45, 7) is 21.2. The SMILES string of the molecule is CCCC(C)(C)C(C)(C)C12CC3CC4CC(C(C)(C)OC(=O)CC(C)C)(C1)C432. The van der Waals surface area contributed by atoms with E-state index in [2.05, 4.69) is 62.3 Å². The first kappa shape index (κ1) is 20.7. The molecule has 0 radical (unpaired) electrons. The van der Waals surface area contributed by atoms with Crippen LogP contribution in [0.3, 0.4) is 0 Å². The van der Waals surface area contributed by atoms with E-state index >= 15 is 0 Å². The molecule has 0 aromatic rings. The maximum Gasteiger partial charge on any atom is 0.306 e. The van der Waals surface area contributed by atoms with Gasteiger partial charge in [0.25, 0.3) is 0 Å². The number of hydrogen-bond acceptors (Lipinski definition) is 2. The van der Waals surface area contributed by atoms with E-state index in [9.17, 15) is 4.79 Å². The van der Waals surface area contributed by atoms with Crippen LogP contribution in [0.5, 0.6) is 0 Å². The van der Waals surface area contributed by atoms with Crippen LogP contribution >= 0.6 is 0 Å². The van der Waals surface area contributed by atoms with Crippen LogP contribution in [0.4, 0.5) is 0 Å². The van der Waals surface area contributed by atoms with Crippen LogP contribution in [-0.2, 0) is 9.53 Å². The lowest BCUT2D eigenvalue weighted by Crippen LogP contribution is -2.96. The quantitative estimate of drug-likeness (QED) is 0.418. The number of rotatable bonds is 8. The number of carbonyl (C=O) groups is 1. The van der Waals surface area contributed by atoms with Crippen molar-refractivity contribution in [2.24, 2.45) is 44.8 Å². The van der Waals surface area contributed by atoms with Crippen molar-refractivity contribution < 1.29 is 9.53 Å². The number of carbonyl (C=O) groups excluding carboxylic acids is 1. The largest absolute Gasteiger partial charge is 0.459 e. The van der Waals surface area contributed by atoms with Crippen molar-refractivity contribution in [3.05, 3.63) is 0 Å². The minimum Gasteiger partial charge on any atom is -0.459 e. The molecule has 5 atom stereocenters. The van der Waals surface area contributed by atoms with Crippen molar-refractivity contribution in [1.82, 2.24) is 0 Å². The monoisotopic (exact) mass is 388 g/mol. The molecule has 0 N–H and O–H groups in total. The molecule has 0 saturated heterocycles. The highest BCUT2D eigenvalue weighted by molar-refractivity contribution is 5.70. The fraction of sp³-hybridized carbons (Fsp3) is 0.962. The van der Waals surface area contributed by atoms with E-state index in [1.807, 2.05) is 0 Å². The Morgan fingerprint density at radius 2 is 1.61 bits per heavy atom. The van der Waals surface area contributed by atoms with E-state index in [0.717, 1.165) is 11.8 Å². The first-order valence-electron chi connectivity index (χ1n) is 12.0. The molecule has 28 heavy (non-hydrogen) atoms. The molecule has 1 spiro atoms. The van der Waals surface area contributed by atoms with Gasteiger partial charge >= 0.3 is 5.97 Å². The summed E-state index contributed by atoms with van der Waals surface area (Å²) in [6, 6.07) is 0. The molecule has 0 aliphatic heterocycles. The summed E-state index contributed by atoms with van der Waals surface area (Å²) in [6.07, 6.45) is 8.51. The van der Waals surface area contributed by atoms with Gasteiger partial charge in [-0.05, 0) is 85.4 Å². The normalized spacial score (nSPS) is 41.1. The summed E-state index contributed by atoms with van der Waals surface area (Å²) < 4.78 is 6.25. The van der Waals surface area contributed by atoms with Gasteiger partial charge in [-0.15, -0.1) is 0 Å². The Bertz CT molecular complexity index is 681. The van der Waals surface area contributed by atoms with Gasteiger partial charge in [-0.1, -0.05) is 54.9 Å². The van der Waals surface area contributed by atoms with Gasteiger partial charge < -0.3 is 4.74 Å². The average molecular weight is 389 g/mol. The van der Waals surface area contributed by atoms with Gasteiger partial charge in [0.2, 0.25) is 0 Å². The smallest absolute Gasteiger partial charge is 0.306 e. The van der Waals surface area contributed by atoms with Gasteiger partial charge in [0.1, 0.15) is 5.60 Å². The van der Waals surface area contributed by atoms with Gasteiger partial charge in [0.15, 0.2) is 0 Å². The molecule has 2 nitrogen and oxygen atoms in total. The van der Waals surface area contributed by atoms with Crippen molar-refractivity contribution in [1.29, 1.82) is 0 Å². The van der Waals surface area contributed by atoms with Crippen LogP contribution in [0.25, 0.3) is 0 Å². The molecule has 4 saturated carbocycles. The van der Waals surface area contributed by atoms with Crippen molar-refractivity contribution in [3.63, 3.8) is 0 Å². The Hall–Kier alpha value is -0.530. The molecule has 0 heterocycles. The van der Waals surface area contributed by atoms with E-state index in [-0.39, 0.29) is 17.0 Å². The Morgan fingerprint density at radius 3 is 2.11 bits per heavy atom. The van der Waals surface area contributed by atoms with Gasteiger partial charge in [0, 0.05) is 11.8 Å². The zero-order valence-corrected chi connectivity index (χ0v) is 20.0. The van der Waals surface area contributed by atoms with Gasteiger partial charge in [-0.25, -0.2) is 0 Å². The second kappa shape index (κ2) is 5.58. The topological polar surface area (TPSA) is 26.3 Å². The lowest BCUT2D eigenvalue weighted by molar-refractivity contribution is -0.535. The Balaban J connectivity index is 1.63. The van der Waals surface area contributed by atoms with E-state index < -0.39 is 0 Å². The molecular formula is C26H44O2. The summed E-state index contributed by atoms with van der Waals surface area (Å²) in [5.41, 5.74) is 1.51. The molecule has 5 unspecified atom stereocenters. The predicted molar refractivity (Wildman–Crippen MR) is 115 cm³/mol. The van der Waals surface area contributed by atoms with Gasteiger partial charge in [-0.3, -0.25) is 4.79 Å². The van der Waals surface area contributed by atoms with E-state index in [1.54, 1.807) is 0 Å². The maximum absolute atomic E-state index is 12.6. The molecule has 2 heteroatoms. The molecule has 4 aliphatic carbocycles. The Morgan fingerprint density at radius 1 is 1.04 bits per heavy atom. The second-order valence-corrected chi connectivity index (χ2v) is 13.1. The van der Waals surface area contributed by atoms with Crippen LogP contribution in [-0.4, -0.2) is 11.6 Å². The Labute approximate surface area is 173 Å². The van der Waals surface area contributed by atoms with Crippen molar-refractivity contribution in [2.75, 3.05) is 0 Å². The fourth-order valence-corrected chi connectivity index (χ4v) is 9.45. The first-order chi connectivity index (χ1) is 12.7. The van der Waals surface area contributed by atoms with Crippen LogP contribution in [0.1, 0.15) is 107 Å². The molecule has 0 bridgehead atoms. The van der Waals surface area contributed by atoms with E-state index in [0.29, 0.717) is 34.0 Å². The zero-order chi connectivity index (χ0) is 21.0. The van der Waals surface area contributed by atoms with Crippen LogP contribution < -0.4 is 0 Å². The standard InChI is InChI=1S/C26H44O2/c1-10-11-21(4,5)22(6,7)24-14-18-13-19-15-25(16-24,26(18,19)24)23(8,9)28-20(27)12-17(2)3/h17-19H,10-16H2,1-9H3. The number of hydrogen-bond donors (Lipinski definition) is 0. The Kier molecular flexibility index (Phi) is 4.13. The summed E-state index contributed by atoms with van der Waals surface area (Å²) in [5, 5.41) is 0. The fourth-order valence-electron chi connectivity index (χ4n) is 9.45. The molecular weight excluding hydrogens is 344 g/mol. The highest BCUT2D eigenvalue weighted by Gasteiger charge is 2.98. The summed E-state index contributed by atoms with van der Waals surface area (Å²) >= 11 is 0. The van der Waals surface area contributed by atoms with Crippen LogP contribution in [0, 0.1) is 44.8 Å². The minimum atomic E-state index is -0.330. The average Bonchev–Trinajstić information content (AvgIpc) is 2.41. The van der Waals surface area contributed by atoms with Crippen molar-refractivity contribution in [3.8, 4) is 0 Å². The van der Waals surface area contributed by atoms with Gasteiger partial charge in [-0.2, -0.15) is 0 Å². The van der Waals surface area contributed by atoms with E-state index in [1.165, 1.54) is 38.5 Å². The summed E-state index contributed by atoms with van der Waals surface area (Å²) in [4.78, 5) is 12.6. The highest BCUT2D eigenvalue weighted by Crippen LogP contribution is 3.02. The third-order valence-electron chi connectivity index (χ3n) is 11.1. The molecule has 160 valence electrons. The number of ether oxygens (including phenoxy) is 1. The second-order valence-electron chi connectivity index (χ2n) is 13.1. The lowest BCUT2D eigenvalue weighted by atomic mass is 9.04. The molecule has 0 aromatic carbocycles. The molecule has 4 fully saturated rings. The molecule has 4 aliphatic rings. The van der Waals surface area contributed by atoms with Crippen molar-refractivity contribution >= 4 is 5.97 Å². The molecule has 4 rings (SSSR count). The zero-order valence-electron chi connectivity index (χ0n) is 20.0. The van der Waals surface area contributed by atoms with Crippen LogP contribution in [0.15, 0.2) is 0 Å². The van der Waals surface area contributed by atoms with Crippen LogP contribution in [0.2, 0.25) is 0 Å². The maximum atomic E-state index is 12.6. The molecule has 0 amide bonds. The van der Waals surface area contributed by atoms with Crippen molar-refractivity contribution in [2.45, 2.75) is 113 Å². The minimum absolute atomic E-state index is 0.00694. The molecule has 0 aromatic heterocycles. The highest BCUT2D eigenvalue weighted by atomic mass is 16.6. The number of esters is 1. The summed E-state index contributed by atoms with van der Waals surface area (Å²) in [5.74, 6) is 2.15. The van der Waals surface area contributed by atoms with Gasteiger partial charge in [0.05, 0.1) is 0 Å². The third kappa shape index (κ3) is 1.91. The van der Waals surface area contributed by atoms with E-state index in [4.69, 9.17) is 4.74 Å². The summed E-state index contributed by atoms with van der Waals surface area (Å²) in [7, 11) is 0. The third-order valence-corrected chi connectivity index (χ3v) is 11.1. The first-order valence-corrected chi connectivity index (χ1v) is 12.0. The predicted octanol–water partition coefficient (Wildman–Crippen LogP) is 7.01. The lowest BCUT2D eigenvalue weighted by Gasteiger charge is -3.00.